The van der Waals surface area contributed by atoms with Gasteiger partial charge < -0.3 is 10.1 Å². The Hall–Kier alpha value is -0.570. The molecule has 0 amide bonds. The molecule has 1 aliphatic rings. The lowest BCUT2D eigenvalue weighted by atomic mass is 9.85. The van der Waals surface area contributed by atoms with Crippen LogP contribution in [0.15, 0.2) is 0 Å². The first kappa shape index (κ1) is 12.5. The highest BCUT2D eigenvalue weighted by atomic mass is 16.5. The van der Waals surface area contributed by atoms with Crippen LogP contribution in [0, 0.1) is 0 Å². The molecule has 1 N–H and O–H groups in total. The van der Waals surface area contributed by atoms with E-state index in [1.54, 1.807) is 0 Å². The van der Waals surface area contributed by atoms with Gasteiger partial charge in [0.05, 0.1) is 0 Å². The van der Waals surface area contributed by atoms with Gasteiger partial charge in [-0.15, -0.1) is 0 Å². The Balaban J connectivity index is 2.55. The minimum absolute atomic E-state index is 0.0816. The summed E-state index contributed by atoms with van der Waals surface area (Å²) in [4.78, 5) is 10.9. The Morgan fingerprint density at radius 1 is 1.53 bits per heavy atom. The molecule has 1 saturated heterocycles. The van der Waals surface area contributed by atoms with E-state index in [9.17, 15) is 4.79 Å². The molecular weight excluding hydrogens is 190 g/mol. The second-order valence-corrected chi connectivity index (χ2v) is 5.19. The van der Waals surface area contributed by atoms with Crippen LogP contribution in [-0.2, 0) is 9.53 Å². The maximum atomic E-state index is 10.9. The number of esters is 1. The van der Waals surface area contributed by atoms with Crippen LogP contribution >= 0.6 is 0 Å². The fourth-order valence-corrected chi connectivity index (χ4v) is 2.50. The molecule has 2 atom stereocenters. The van der Waals surface area contributed by atoms with Gasteiger partial charge in [-0.25, -0.2) is 0 Å². The van der Waals surface area contributed by atoms with Crippen LogP contribution in [-0.4, -0.2) is 23.7 Å². The summed E-state index contributed by atoms with van der Waals surface area (Å²) < 4.78 is 5.32. The third kappa shape index (κ3) is 4.20. The molecule has 0 aromatic rings. The van der Waals surface area contributed by atoms with Crippen LogP contribution in [0.25, 0.3) is 0 Å². The number of carbonyl (C=O) groups is 1. The van der Waals surface area contributed by atoms with Crippen molar-refractivity contribution in [2.24, 2.45) is 0 Å². The van der Waals surface area contributed by atoms with Gasteiger partial charge in [0, 0.05) is 24.9 Å². The van der Waals surface area contributed by atoms with Crippen LogP contribution in [0.2, 0.25) is 0 Å². The van der Waals surface area contributed by atoms with Gasteiger partial charge in [-0.1, -0.05) is 13.3 Å². The predicted octanol–water partition coefficient (Wildman–Crippen LogP) is 2.25. The van der Waals surface area contributed by atoms with Crippen LogP contribution in [0.1, 0.15) is 53.4 Å². The minimum atomic E-state index is -0.159. The van der Waals surface area contributed by atoms with Crippen LogP contribution in [0.5, 0.6) is 0 Å². The van der Waals surface area contributed by atoms with Crippen molar-refractivity contribution in [1.82, 2.24) is 5.32 Å². The summed E-state index contributed by atoms with van der Waals surface area (Å²) in [5.74, 6) is -0.159. The van der Waals surface area contributed by atoms with E-state index >= 15 is 0 Å². The van der Waals surface area contributed by atoms with Crippen molar-refractivity contribution in [2.75, 3.05) is 0 Å². The molecule has 2 unspecified atom stereocenters. The third-order valence-electron chi connectivity index (χ3n) is 2.85. The average molecular weight is 213 g/mol. The highest BCUT2D eigenvalue weighted by Crippen LogP contribution is 2.26. The van der Waals surface area contributed by atoms with Gasteiger partial charge in [-0.3, -0.25) is 4.79 Å². The summed E-state index contributed by atoms with van der Waals surface area (Å²) in [7, 11) is 0. The number of hydrogen-bond acceptors (Lipinski definition) is 3. The largest absolute Gasteiger partial charge is 0.462 e. The summed E-state index contributed by atoms with van der Waals surface area (Å²) >= 11 is 0. The second kappa shape index (κ2) is 4.97. The van der Waals surface area contributed by atoms with E-state index < -0.39 is 0 Å². The van der Waals surface area contributed by atoms with Gasteiger partial charge in [-0.05, 0) is 26.7 Å². The van der Waals surface area contributed by atoms with E-state index in [-0.39, 0.29) is 17.6 Å². The van der Waals surface area contributed by atoms with E-state index in [0.29, 0.717) is 6.04 Å². The van der Waals surface area contributed by atoms with Crippen LogP contribution in [0.4, 0.5) is 0 Å². The number of hydrogen-bond donors (Lipinski definition) is 1. The van der Waals surface area contributed by atoms with Gasteiger partial charge in [-0.2, -0.15) is 0 Å². The van der Waals surface area contributed by atoms with E-state index in [4.69, 9.17) is 4.74 Å². The van der Waals surface area contributed by atoms with Crippen molar-refractivity contribution in [2.45, 2.75) is 71.1 Å². The van der Waals surface area contributed by atoms with E-state index in [2.05, 4.69) is 26.1 Å². The maximum absolute atomic E-state index is 10.9. The summed E-state index contributed by atoms with van der Waals surface area (Å²) in [6.45, 7) is 8.02. The molecule has 3 nitrogen and oxygen atoms in total. The van der Waals surface area contributed by atoms with Crippen molar-refractivity contribution in [1.29, 1.82) is 0 Å². The average Bonchev–Trinajstić information content (AvgIpc) is 1.99. The third-order valence-corrected chi connectivity index (χ3v) is 2.85. The zero-order chi connectivity index (χ0) is 11.5. The number of rotatable bonds is 3. The van der Waals surface area contributed by atoms with Crippen molar-refractivity contribution in [3.05, 3.63) is 0 Å². The Labute approximate surface area is 92.6 Å². The second-order valence-electron chi connectivity index (χ2n) is 5.19. The zero-order valence-corrected chi connectivity index (χ0v) is 10.3. The number of carbonyl (C=O) groups excluding carboxylic acids is 1. The lowest BCUT2D eigenvalue weighted by molar-refractivity contribution is -0.149. The topological polar surface area (TPSA) is 38.3 Å². The van der Waals surface area contributed by atoms with Crippen LogP contribution in [0.3, 0.4) is 0 Å². The summed E-state index contributed by atoms with van der Waals surface area (Å²) in [5.41, 5.74) is 0.0816. The number of nitrogens with one attached hydrogen (secondary N) is 1. The monoisotopic (exact) mass is 213 g/mol. The molecule has 0 radical (unpaired) electrons. The normalized spacial score (nSPS) is 29.9. The van der Waals surface area contributed by atoms with E-state index in [1.807, 2.05) is 0 Å². The molecule has 1 fully saturated rings. The fourth-order valence-electron chi connectivity index (χ4n) is 2.50. The van der Waals surface area contributed by atoms with E-state index in [1.165, 1.54) is 13.3 Å². The summed E-state index contributed by atoms with van der Waals surface area (Å²) in [6, 6.07) is 0.489. The number of piperidine rings is 1. The molecule has 0 bridgehead atoms. The van der Waals surface area contributed by atoms with Crippen molar-refractivity contribution >= 4 is 5.97 Å². The number of ether oxygens (including phenoxy) is 1. The summed E-state index contributed by atoms with van der Waals surface area (Å²) in [5, 5.41) is 3.61. The van der Waals surface area contributed by atoms with E-state index in [0.717, 1.165) is 19.3 Å². The van der Waals surface area contributed by atoms with Crippen molar-refractivity contribution < 1.29 is 9.53 Å². The molecule has 0 aromatic heterocycles. The molecule has 15 heavy (non-hydrogen) atoms. The van der Waals surface area contributed by atoms with Crippen molar-refractivity contribution in [3.63, 3.8) is 0 Å². The first-order chi connectivity index (χ1) is 6.93. The highest BCUT2D eigenvalue weighted by Gasteiger charge is 2.34. The van der Waals surface area contributed by atoms with Gasteiger partial charge >= 0.3 is 5.97 Å². The smallest absolute Gasteiger partial charge is 0.302 e. The lowest BCUT2D eigenvalue weighted by Gasteiger charge is -2.41. The molecule has 0 aromatic carbocycles. The molecule has 1 heterocycles. The van der Waals surface area contributed by atoms with Gasteiger partial charge in [0.25, 0.3) is 0 Å². The first-order valence-electron chi connectivity index (χ1n) is 5.88. The molecule has 1 aliphatic heterocycles. The molecule has 0 saturated carbocycles. The SMILES string of the molecule is CCCC1CC(OC(C)=O)CC(C)(C)N1. The molecule has 3 heteroatoms. The Morgan fingerprint density at radius 2 is 2.20 bits per heavy atom. The Bertz CT molecular complexity index is 226. The standard InChI is InChI=1S/C12H23NO2/c1-5-6-10-7-11(15-9(2)14)8-12(3,4)13-10/h10-11,13H,5-8H2,1-4H3. The van der Waals surface area contributed by atoms with Crippen molar-refractivity contribution in [3.8, 4) is 0 Å². The van der Waals surface area contributed by atoms with Gasteiger partial charge in [0.1, 0.15) is 6.10 Å². The lowest BCUT2D eigenvalue weighted by Crippen LogP contribution is -2.54. The zero-order valence-electron chi connectivity index (χ0n) is 10.3. The summed E-state index contributed by atoms with van der Waals surface area (Å²) in [6.07, 6.45) is 4.28. The molecular formula is C12H23NO2. The molecule has 0 aliphatic carbocycles. The Morgan fingerprint density at radius 3 is 2.73 bits per heavy atom. The predicted molar refractivity (Wildman–Crippen MR) is 60.7 cm³/mol. The highest BCUT2D eigenvalue weighted by molar-refractivity contribution is 5.66. The van der Waals surface area contributed by atoms with Gasteiger partial charge in [0.2, 0.25) is 0 Å². The molecule has 0 spiro atoms. The van der Waals surface area contributed by atoms with Crippen LogP contribution < -0.4 is 5.32 Å². The molecule has 1 rings (SSSR count). The fraction of sp³-hybridized carbons (Fsp3) is 0.917. The van der Waals surface area contributed by atoms with Gasteiger partial charge in [0.15, 0.2) is 0 Å². The maximum Gasteiger partial charge on any atom is 0.302 e. The molecule has 88 valence electrons. The Kier molecular flexibility index (Phi) is 4.14. The minimum Gasteiger partial charge on any atom is -0.462 e. The first-order valence-corrected chi connectivity index (χ1v) is 5.88. The quantitative estimate of drug-likeness (QED) is 0.731.